The minimum absolute atomic E-state index is 0.895. The Bertz CT molecular complexity index is 1940. The molecule has 4 heterocycles. The third-order valence-corrected chi connectivity index (χ3v) is 7.24. The van der Waals surface area contributed by atoms with Gasteiger partial charge in [0.1, 0.15) is 0 Å². The predicted octanol–water partition coefficient (Wildman–Crippen LogP) is 7.80. The molecule has 5 aromatic rings. The van der Waals surface area contributed by atoms with Gasteiger partial charge in [0, 0.05) is 70.6 Å². The van der Waals surface area contributed by atoms with Crippen LogP contribution in [0.4, 0.5) is 0 Å². The van der Waals surface area contributed by atoms with Crippen LogP contribution in [0, 0.1) is 23.7 Å². The second-order valence-corrected chi connectivity index (χ2v) is 10.1. The first-order valence-electron chi connectivity index (χ1n) is 14.3. The van der Waals surface area contributed by atoms with E-state index < -0.39 is 0 Å². The quantitative estimate of drug-likeness (QED) is 0.200. The lowest BCUT2D eigenvalue weighted by Gasteiger charge is -2.11. The maximum absolute atomic E-state index is 4.53. The van der Waals surface area contributed by atoms with E-state index in [9.17, 15) is 0 Å². The number of benzene rings is 3. The largest absolute Gasteiger partial charge is 0.321 e. The zero-order valence-corrected chi connectivity index (χ0v) is 23.8. The molecule has 0 atom stereocenters. The molecule has 4 nitrogen and oxygen atoms in total. The molecule has 2 aliphatic heterocycles. The molecule has 0 aliphatic carbocycles. The summed E-state index contributed by atoms with van der Waals surface area (Å²) in [7, 11) is 0. The summed E-state index contributed by atoms with van der Waals surface area (Å²) in [6.45, 7) is 0. The van der Waals surface area contributed by atoms with Gasteiger partial charge in [-0.2, -0.15) is 0 Å². The van der Waals surface area contributed by atoms with Gasteiger partial charge in [-0.15, -0.1) is 0 Å². The number of aromatic nitrogens is 2. The first-order valence-corrected chi connectivity index (χ1v) is 14.3. The van der Waals surface area contributed by atoms with Gasteiger partial charge in [0.05, 0.1) is 22.8 Å². The zero-order valence-electron chi connectivity index (χ0n) is 23.8. The fourth-order valence-corrected chi connectivity index (χ4v) is 5.11. The summed E-state index contributed by atoms with van der Waals surface area (Å²) >= 11 is 0. The van der Waals surface area contributed by atoms with Crippen LogP contribution >= 0.6 is 0 Å². The van der Waals surface area contributed by atoms with Crippen LogP contribution in [-0.4, -0.2) is 21.6 Å². The summed E-state index contributed by atoms with van der Waals surface area (Å²) in [6, 6.07) is 32.7. The Kier molecular flexibility index (Phi) is 7.39. The van der Waals surface area contributed by atoms with E-state index in [1.807, 2.05) is 110 Å². The van der Waals surface area contributed by atoms with Crippen molar-refractivity contribution in [2.45, 2.75) is 0 Å². The van der Waals surface area contributed by atoms with E-state index in [4.69, 9.17) is 0 Å². The highest BCUT2D eigenvalue weighted by Crippen LogP contribution is 2.26. The molecule has 0 spiro atoms. The average molecular weight is 563 g/mol. The SMILES string of the molecule is C(#Cc1ccccc1C#Cc1ccc(/C(=C2/C=CC=N2)n2cccc2)cc1)c1ccc(/C(=C2/C=CC=N2)n2cccc2)cc1. The molecule has 0 amide bonds. The maximum atomic E-state index is 4.53. The van der Waals surface area contributed by atoms with E-state index in [0.717, 1.165) is 56.2 Å². The van der Waals surface area contributed by atoms with Crippen LogP contribution in [0.15, 0.2) is 168 Å². The number of allylic oxidation sites excluding steroid dienone is 4. The third-order valence-electron chi connectivity index (χ3n) is 7.24. The molecule has 0 bridgehead atoms. The molecule has 0 N–H and O–H groups in total. The number of hydrogen-bond donors (Lipinski definition) is 0. The minimum atomic E-state index is 0.895. The van der Waals surface area contributed by atoms with Crippen LogP contribution < -0.4 is 0 Å². The van der Waals surface area contributed by atoms with Crippen molar-refractivity contribution in [1.82, 2.24) is 9.13 Å². The van der Waals surface area contributed by atoms with Crippen LogP contribution in [0.1, 0.15) is 33.4 Å². The summed E-state index contributed by atoms with van der Waals surface area (Å²) in [6.07, 6.45) is 19.7. The van der Waals surface area contributed by atoms with Crippen molar-refractivity contribution in [3.05, 3.63) is 191 Å². The monoisotopic (exact) mass is 562 g/mol. The zero-order chi connectivity index (χ0) is 29.6. The highest BCUT2D eigenvalue weighted by Gasteiger charge is 2.12. The Morgan fingerprint density at radius 3 is 1.23 bits per heavy atom. The van der Waals surface area contributed by atoms with Gasteiger partial charge in [-0.3, -0.25) is 9.98 Å². The van der Waals surface area contributed by atoms with Crippen molar-refractivity contribution in [1.29, 1.82) is 0 Å². The molecule has 3 aromatic carbocycles. The second-order valence-electron chi connectivity index (χ2n) is 10.1. The van der Waals surface area contributed by atoms with E-state index in [1.54, 1.807) is 0 Å². The van der Waals surface area contributed by atoms with Gasteiger partial charge in [0.15, 0.2) is 0 Å². The maximum Gasteiger partial charge on any atom is 0.0876 e. The molecule has 2 aromatic heterocycles. The molecule has 0 unspecified atom stereocenters. The van der Waals surface area contributed by atoms with Crippen LogP contribution in [0.5, 0.6) is 0 Å². The van der Waals surface area contributed by atoms with Gasteiger partial charge in [0.2, 0.25) is 0 Å². The molecule has 0 saturated carbocycles. The molecule has 44 heavy (non-hydrogen) atoms. The van der Waals surface area contributed by atoms with Gasteiger partial charge >= 0.3 is 0 Å². The lowest BCUT2D eigenvalue weighted by atomic mass is 10.0. The van der Waals surface area contributed by atoms with Crippen LogP contribution in [0.3, 0.4) is 0 Å². The van der Waals surface area contributed by atoms with Gasteiger partial charge in [0.25, 0.3) is 0 Å². The first-order chi connectivity index (χ1) is 21.8. The van der Waals surface area contributed by atoms with E-state index >= 15 is 0 Å². The third kappa shape index (κ3) is 5.70. The molecule has 4 heteroatoms. The average Bonchev–Trinajstić information content (AvgIpc) is 3.91. The van der Waals surface area contributed by atoms with Crippen molar-refractivity contribution < 1.29 is 0 Å². The molecule has 0 fully saturated rings. The summed E-state index contributed by atoms with van der Waals surface area (Å²) in [4.78, 5) is 9.05. The first kappa shape index (κ1) is 26.5. The molecule has 0 radical (unpaired) electrons. The van der Waals surface area contributed by atoms with Gasteiger partial charge in [-0.05, 0) is 85.0 Å². The lowest BCUT2D eigenvalue weighted by Crippen LogP contribution is -1.98. The Morgan fingerprint density at radius 2 is 0.864 bits per heavy atom. The van der Waals surface area contributed by atoms with E-state index in [0.29, 0.717) is 0 Å². The lowest BCUT2D eigenvalue weighted by molar-refractivity contribution is 1.09. The van der Waals surface area contributed by atoms with Crippen LogP contribution in [0.25, 0.3) is 11.4 Å². The summed E-state index contributed by atoms with van der Waals surface area (Å²) in [5.74, 6) is 13.3. The predicted molar refractivity (Wildman–Crippen MR) is 180 cm³/mol. The van der Waals surface area contributed by atoms with Crippen LogP contribution in [-0.2, 0) is 0 Å². The fraction of sp³-hybridized carbons (Fsp3) is 0. The van der Waals surface area contributed by atoms with Crippen molar-refractivity contribution in [2.75, 3.05) is 0 Å². The highest BCUT2D eigenvalue weighted by molar-refractivity contribution is 5.84. The van der Waals surface area contributed by atoms with E-state index in [1.165, 1.54) is 0 Å². The Morgan fingerprint density at radius 1 is 0.455 bits per heavy atom. The second kappa shape index (κ2) is 12.2. The standard InChI is InChI=1S/C40H26N4/c1-2-10-34(20-14-32-17-23-36(24-18-32)40(38-12-8-26-42-38)44-29-5-6-30-44)33(9-1)19-13-31-15-21-35(22-16-31)39(37-11-7-25-41-37)43-27-3-4-28-43/h1-12,15-18,21-30H/b39-37+,40-38+. The van der Waals surface area contributed by atoms with Gasteiger partial charge in [-0.25, -0.2) is 0 Å². The fourth-order valence-electron chi connectivity index (χ4n) is 5.11. The molecule has 0 saturated heterocycles. The molecule has 206 valence electrons. The number of aliphatic imine (C=N–C) groups is 2. The Balaban J connectivity index is 1.12. The molecular weight excluding hydrogens is 536 g/mol. The van der Waals surface area contributed by atoms with Crippen molar-refractivity contribution in [2.24, 2.45) is 9.98 Å². The normalized spacial score (nSPS) is 15.1. The molecule has 2 aliphatic rings. The number of rotatable bonds is 4. The summed E-state index contributed by atoms with van der Waals surface area (Å²) in [5, 5.41) is 0. The van der Waals surface area contributed by atoms with Gasteiger partial charge < -0.3 is 9.13 Å². The number of hydrogen-bond acceptors (Lipinski definition) is 2. The molecular formula is C40H26N4. The van der Waals surface area contributed by atoms with Crippen LogP contribution in [0.2, 0.25) is 0 Å². The van der Waals surface area contributed by atoms with E-state index in [2.05, 4.69) is 91.3 Å². The topological polar surface area (TPSA) is 34.6 Å². The Hall–Kier alpha value is -6.36. The van der Waals surface area contributed by atoms with Gasteiger partial charge in [-0.1, -0.05) is 60.1 Å². The smallest absolute Gasteiger partial charge is 0.0876 e. The molecule has 7 rings (SSSR count). The Labute approximate surface area is 257 Å². The van der Waals surface area contributed by atoms with Crippen molar-refractivity contribution >= 4 is 23.8 Å². The van der Waals surface area contributed by atoms with Crippen molar-refractivity contribution in [3.8, 4) is 23.7 Å². The number of nitrogens with zero attached hydrogens (tertiary/aromatic N) is 4. The summed E-state index contributed by atoms with van der Waals surface area (Å²) < 4.78 is 4.18. The minimum Gasteiger partial charge on any atom is -0.321 e. The van der Waals surface area contributed by atoms with E-state index in [-0.39, 0.29) is 0 Å². The highest BCUT2D eigenvalue weighted by atomic mass is 15.0. The van der Waals surface area contributed by atoms with Crippen molar-refractivity contribution in [3.63, 3.8) is 0 Å². The summed E-state index contributed by atoms with van der Waals surface area (Å²) in [5.41, 5.74) is 9.75.